The van der Waals surface area contributed by atoms with Gasteiger partial charge in [0.1, 0.15) is 29.6 Å². The Morgan fingerprint density at radius 3 is 2.70 bits per heavy atom. The van der Waals surface area contributed by atoms with Gasteiger partial charge in [0.25, 0.3) is 5.91 Å². The Hall–Kier alpha value is -4.01. The summed E-state index contributed by atoms with van der Waals surface area (Å²) in [6.07, 6.45) is 0.613. The van der Waals surface area contributed by atoms with Crippen molar-refractivity contribution in [2.75, 3.05) is 6.54 Å². The van der Waals surface area contributed by atoms with Crippen LogP contribution in [-0.4, -0.2) is 32.6 Å². The van der Waals surface area contributed by atoms with E-state index in [0.29, 0.717) is 48.3 Å². The van der Waals surface area contributed by atoms with E-state index in [1.165, 1.54) is 12.1 Å². The van der Waals surface area contributed by atoms with E-state index in [4.69, 9.17) is 13.8 Å². The molecule has 33 heavy (non-hydrogen) atoms. The highest BCUT2D eigenvalue weighted by atomic mass is 19.1. The van der Waals surface area contributed by atoms with Crippen LogP contribution in [0.1, 0.15) is 38.8 Å². The number of hydrogen-bond donors (Lipinski definition) is 0. The van der Waals surface area contributed by atoms with Crippen LogP contribution in [-0.2, 0) is 19.6 Å². The Bertz CT molecular complexity index is 1310. The lowest BCUT2D eigenvalue weighted by atomic mass is 10.1. The van der Waals surface area contributed by atoms with E-state index in [0.717, 1.165) is 22.4 Å². The molecule has 1 aromatic carbocycles. The van der Waals surface area contributed by atoms with E-state index in [9.17, 15) is 9.18 Å². The number of halogens is 1. The van der Waals surface area contributed by atoms with Gasteiger partial charge < -0.3 is 18.7 Å². The lowest BCUT2D eigenvalue weighted by Crippen LogP contribution is -2.36. The van der Waals surface area contributed by atoms with Crippen LogP contribution >= 0.6 is 0 Å². The van der Waals surface area contributed by atoms with Crippen LogP contribution in [0, 0.1) is 19.7 Å². The molecule has 0 unspecified atom stereocenters. The molecule has 0 spiro atoms. The number of carbonyl (C=O) groups is 1. The number of aromatic nitrogens is 3. The summed E-state index contributed by atoms with van der Waals surface area (Å²) >= 11 is 0. The zero-order valence-electron chi connectivity index (χ0n) is 18.2. The van der Waals surface area contributed by atoms with Crippen LogP contribution in [0.15, 0.2) is 51.5 Å². The molecule has 4 aromatic rings. The molecule has 5 rings (SSSR count). The molecule has 9 heteroatoms. The lowest BCUT2D eigenvalue weighted by Gasteiger charge is -2.27. The molecule has 8 nitrogen and oxygen atoms in total. The first-order chi connectivity index (χ1) is 16.0. The van der Waals surface area contributed by atoms with Crippen molar-refractivity contribution < 1.29 is 23.0 Å². The van der Waals surface area contributed by atoms with Crippen molar-refractivity contribution in [2.45, 2.75) is 33.4 Å². The highest BCUT2D eigenvalue weighted by Crippen LogP contribution is 2.27. The Balaban J connectivity index is 1.28. The standard InChI is InChI=1S/C24H21FN4O4/c1-14-11-21(27-32-14)24(30)29-10-9-20-17(12-29)5-8-22(26-20)31-13-19-15(2)33-28-23(19)16-3-6-18(25)7-4-16/h3-8,11H,9-10,12-13H2,1-2H3. The number of fused-ring (bicyclic) bond motifs is 1. The highest BCUT2D eigenvalue weighted by molar-refractivity contribution is 5.92. The van der Waals surface area contributed by atoms with Crippen LogP contribution in [0.5, 0.6) is 5.88 Å². The molecule has 1 amide bonds. The number of ether oxygens (including phenoxy) is 1. The molecule has 3 aromatic heterocycles. The number of aryl methyl sites for hydroxylation is 2. The summed E-state index contributed by atoms with van der Waals surface area (Å²) in [5, 5.41) is 7.92. The van der Waals surface area contributed by atoms with E-state index in [1.807, 2.05) is 6.07 Å². The van der Waals surface area contributed by atoms with E-state index in [1.54, 1.807) is 43.0 Å². The zero-order valence-corrected chi connectivity index (χ0v) is 18.2. The van der Waals surface area contributed by atoms with Gasteiger partial charge in [-0.25, -0.2) is 9.37 Å². The maximum absolute atomic E-state index is 13.3. The maximum atomic E-state index is 13.3. The van der Waals surface area contributed by atoms with Crippen molar-refractivity contribution in [1.29, 1.82) is 0 Å². The van der Waals surface area contributed by atoms with Crippen molar-refractivity contribution in [3.63, 3.8) is 0 Å². The minimum atomic E-state index is -0.313. The molecule has 0 bridgehead atoms. The van der Waals surface area contributed by atoms with Crippen LogP contribution in [0.25, 0.3) is 11.3 Å². The van der Waals surface area contributed by atoms with Gasteiger partial charge in [0.05, 0.1) is 11.3 Å². The fraction of sp³-hybridized carbons (Fsp3) is 0.250. The van der Waals surface area contributed by atoms with Gasteiger partial charge in [0.15, 0.2) is 5.69 Å². The number of hydrogen-bond acceptors (Lipinski definition) is 7. The van der Waals surface area contributed by atoms with Crippen LogP contribution in [0.4, 0.5) is 4.39 Å². The molecule has 0 N–H and O–H groups in total. The molecule has 0 aliphatic carbocycles. The van der Waals surface area contributed by atoms with E-state index in [-0.39, 0.29) is 18.3 Å². The number of pyridine rings is 1. The molecule has 1 aliphatic heterocycles. The third-order valence-electron chi connectivity index (χ3n) is 5.62. The smallest absolute Gasteiger partial charge is 0.276 e. The zero-order chi connectivity index (χ0) is 22.9. The summed E-state index contributed by atoms with van der Waals surface area (Å²) in [7, 11) is 0. The van der Waals surface area contributed by atoms with Crippen molar-refractivity contribution in [1.82, 2.24) is 20.2 Å². The minimum absolute atomic E-state index is 0.158. The Labute approximate surface area is 189 Å². The second-order valence-electron chi connectivity index (χ2n) is 7.92. The number of nitrogens with zero attached hydrogens (tertiary/aromatic N) is 4. The fourth-order valence-corrected chi connectivity index (χ4v) is 3.82. The molecule has 1 aliphatic rings. The fourth-order valence-electron chi connectivity index (χ4n) is 3.82. The van der Waals surface area contributed by atoms with Gasteiger partial charge >= 0.3 is 0 Å². The largest absolute Gasteiger partial charge is 0.473 e. The molecule has 0 saturated heterocycles. The van der Waals surface area contributed by atoms with Crippen LogP contribution < -0.4 is 4.74 Å². The first kappa shape index (κ1) is 20.9. The first-order valence-electron chi connectivity index (χ1n) is 10.5. The van der Waals surface area contributed by atoms with Gasteiger partial charge in [0.2, 0.25) is 5.88 Å². The maximum Gasteiger partial charge on any atom is 0.276 e. The van der Waals surface area contributed by atoms with E-state index < -0.39 is 0 Å². The molecule has 0 saturated carbocycles. The lowest BCUT2D eigenvalue weighted by molar-refractivity contribution is 0.0722. The quantitative estimate of drug-likeness (QED) is 0.450. The molecule has 0 radical (unpaired) electrons. The second-order valence-corrected chi connectivity index (χ2v) is 7.92. The number of benzene rings is 1. The second kappa shape index (κ2) is 8.50. The summed E-state index contributed by atoms with van der Waals surface area (Å²) in [4.78, 5) is 19.0. The van der Waals surface area contributed by atoms with Gasteiger partial charge in [-0.3, -0.25) is 4.79 Å². The van der Waals surface area contributed by atoms with Gasteiger partial charge in [-0.2, -0.15) is 0 Å². The van der Waals surface area contributed by atoms with Gasteiger partial charge in [-0.15, -0.1) is 0 Å². The molecule has 0 atom stereocenters. The predicted molar refractivity (Wildman–Crippen MR) is 115 cm³/mol. The first-order valence-corrected chi connectivity index (χ1v) is 10.5. The van der Waals surface area contributed by atoms with E-state index in [2.05, 4.69) is 15.3 Å². The molecular formula is C24H21FN4O4. The molecule has 0 fully saturated rings. The van der Waals surface area contributed by atoms with Crippen molar-refractivity contribution in [3.8, 4) is 17.1 Å². The van der Waals surface area contributed by atoms with Crippen molar-refractivity contribution in [3.05, 3.63) is 82.3 Å². The van der Waals surface area contributed by atoms with Crippen molar-refractivity contribution >= 4 is 5.91 Å². The van der Waals surface area contributed by atoms with Gasteiger partial charge in [-0.1, -0.05) is 16.4 Å². The topological polar surface area (TPSA) is 94.5 Å². The normalized spacial score (nSPS) is 13.1. The molecule has 168 valence electrons. The average molecular weight is 448 g/mol. The number of rotatable bonds is 5. The summed E-state index contributed by atoms with van der Waals surface area (Å²) in [6, 6.07) is 11.4. The van der Waals surface area contributed by atoms with Crippen LogP contribution in [0.3, 0.4) is 0 Å². The minimum Gasteiger partial charge on any atom is -0.473 e. The summed E-state index contributed by atoms with van der Waals surface area (Å²) in [6.45, 7) is 4.76. The average Bonchev–Trinajstić information content (AvgIpc) is 3.42. The SMILES string of the molecule is Cc1cc(C(=O)N2CCc3nc(OCc4c(-c5ccc(F)cc5)noc4C)ccc3C2)no1. The summed E-state index contributed by atoms with van der Waals surface area (Å²) < 4.78 is 29.6. The van der Waals surface area contributed by atoms with Gasteiger partial charge in [0, 0.05) is 37.2 Å². The number of carbonyl (C=O) groups excluding carboxylic acids is 1. The predicted octanol–water partition coefficient (Wildman–Crippen LogP) is 4.26. The summed E-state index contributed by atoms with van der Waals surface area (Å²) in [5.41, 5.74) is 4.31. The van der Waals surface area contributed by atoms with E-state index >= 15 is 0 Å². The molecular weight excluding hydrogens is 427 g/mol. The monoisotopic (exact) mass is 448 g/mol. The van der Waals surface area contributed by atoms with Crippen molar-refractivity contribution in [2.24, 2.45) is 0 Å². The van der Waals surface area contributed by atoms with Crippen LogP contribution in [0.2, 0.25) is 0 Å². The Morgan fingerprint density at radius 2 is 1.94 bits per heavy atom. The Morgan fingerprint density at radius 1 is 1.12 bits per heavy atom. The summed E-state index contributed by atoms with van der Waals surface area (Å²) in [5.74, 6) is 1.24. The Kier molecular flexibility index (Phi) is 5.37. The third kappa shape index (κ3) is 4.21. The molecule has 4 heterocycles. The van der Waals surface area contributed by atoms with Gasteiger partial charge in [-0.05, 0) is 43.7 Å². The third-order valence-corrected chi connectivity index (χ3v) is 5.62. The highest BCUT2D eigenvalue weighted by Gasteiger charge is 2.25. The number of amides is 1.